The Morgan fingerprint density at radius 1 is 1.35 bits per heavy atom. The summed E-state index contributed by atoms with van der Waals surface area (Å²) in [5.41, 5.74) is 3.21. The molecule has 0 unspecified atom stereocenters. The molecule has 5 nitrogen and oxygen atoms in total. The van der Waals surface area contributed by atoms with Gasteiger partial charge in [-0.1, -0.05) is 6.92 Å². The predicted octanol–water partition coefficient (Wildman–Crippen LogP) is 2.18. The summed E-state index contributed by atoms with van der Waals surface area (Å²) in [7, 11) is 5.72. The largest absolute Gasteiger partial charge is 0.357 e. The molecule has 0 aliphatic carbocycles. The molecule has 0 saturated heterocycles. The van der Waals surface area contributed by atoms with Gasteiger partial charge < -0.3 is 10.7 Å². The summed E-state index contributed by atoms with van der Waals surface area (Å²) < 4.78 is 0. The number of fused-ring (bicyclic) bond motifs is 1. The molecular weight excluding hydrogens is 234 g/mol. The number of nitrogens with one attached hydrogen (secondary N) is 2. The van der Waals surface area contributed by atoms with Crippen LogP contribution in [0.3, 0.4) is 0 Å². The van der Waals surface area contributed by atoms with Gasteiger partial charge in [0.25, 0.3) is 0 Å². The van der Waals surface area contributed by atoms with Crippen molar-refractivity contribution in [3.8, 4) is 0 Å². The van der Waals surface area contributed by atoms with Gasteiger partial charge in [0.1, 0.15) is 4.83 Å². The van der Waals surface area contributed by atoms with Crippen LogP contribution in [0.15, 0.2) is 6.07 Å². The maximum Gasteiger partial charge on any atom is 0.225 e. The average molecular weight is 251 g/mol. The molecule has 0 aliphatic heterocycles. The standard InChI is InChI=1S/C11H17N5S/c1-5-7-6-8-9(15-16(3)4)13-11(12-2)14-10(8)17-7/h6H,5H2,1-4H3,(H2,12,13,14,15). The van der Waals surface area contributed by atoms with Crippen molar-refractivity contribution in [3.63, 3.8) is 0 Å². The van der Waals surface area contributed by atoms with E-state index in [4.69, 9.17) is 0 Å². The number of rotatable bonds is 4. The number of hydrogen-bond acceptors (Lipinski definition) is 6. The fourth-order valence-electron chi connectivity index (χ4n) is 1.55. The smallest absolute Gasteiger partial charge is 0.225 e. The van der Waals surface area contributed by atoms with E-state index < -0.39 is 0 Å². The Balaban J connectivity index is 2.56. The molecule has 17 heavy (non-hydrogen) atoms. The summed E-state index contributed by atoms with van der Waals surface area (Å²) in [5, 5.41) is 5.95. The second-order valence-electron chi connectivity index (χ2n) is 3.94. The highest BCUT2D eigenvalue weighted by atomic mass is 32.1. The van der Waals surface area contributed by atoms with E-state index in [0.29, 0.717) is 5.95 Å². The molecule has 0 fully saturated rings. The number of aromatic nitrogens is 2. The third kappa shape index (κ3) is 2.48. The molecule has 0 bridgehead atoms. The average Bonchev–Trinajstić information content (AvgIpc) is 2.71. The summed E-state index contributed by atoms with van der Waals surface area (Å²) >= 11 is 1.72. The molecular formula is C11H17N5S. The second kappa shape index (κ2) is 4.85. The summed E-state index contributed by atoms with van der Waals surface area (Å²) in [6.45, 7) is 2.15. The minimum Gasteiger partial charge on any atom is -0.357 e. The lowest BCUT2D eigenvalue weighted by atomic mass is 10.3. The van der Waals surface area contributed by atoms with Crippen molar-refractivity contribution in [2.75, 3.05) is 31.9 Å². The minimum atomic E-state index is 0.645. The molecule has 92 valence electrons. The van der Waals surface area contributed by atoms with Gasteiger partial charge in [-0.2, -0.15) is 4.98 Å². The molecule has 0 saturated carbocycles. The van der Waals surface area contributed by atoms with E-state index in [1.54, 1.807) is 11.3 Å². The molecule has 2 aromatic rings. The molecule has 6 heteroatoms. The van der Waals surface area contributed by atoms with Crippen LogP contribution in [-0.2, 0) is 6.42 Å². The summed E-state index contributed by atoms with van der Waals surface area (Å²) in [4.78, 5) is 11.2. The van der Waals surface area contributed by atoms with Crippen LogP contribution >= 0.6 is 11.3 Å². The second-order valence-corrected chi connectivity index (χ2v) is 5.05. The van der Waals surface area contributed by atoms with Crippen molar-refractivity contribution in [1.29, 1.82) is 0 Å². The topological polar surface area (TPSA) is 53.1 Å². The van der Waals surface area contributed by atoms with Gasteiger partial charge in [0.05, 0.1) is 5.39 Å². The monoisotopic (exact) mass is 251 g/mol. The summed E-state index contributed by atoms with van der Waals surface area (Å²) in [6, 6.07) is 2.16. The summed E-state index contributed by atoms with van der Waals surface area (Å²) in [6.07, 6.45) is 1.03. The van der Waals surface area contributed by atoms with Gasteiger partial charge >= 0.3 is 0 Å². The lowest BCUT2D eigenvalue weighted by molar-refractivity contribution is 0.493. The molecule has 0 amide bonds. The van der Waals surface area contributed by atoms with Gasteiger partial charge in [-0.05, 0) is 12.5 Å². The molecule has 2 rings (SSSR count). The van der Waals surface area contributed by atoms with Gasteiger partial charge in [0.15, 0.2) is 5.82 Å². The minimum absolute atomic E-state index is 0.645. The molecule has 0 atom stereocenters. The number of anilines is 2. The Bertz CT molecular complexity index is 520. The Labute approximate surface area is 105 Å². The van der Waals surface area contributed by atoms with Crippen molar-refractivity contribution in [3.05, 3.63) is 10.9 Å². The molecule has 2 heterocycles. The van der Waals surface area contributed by atoms with E-state index >= 15 is 0 Å². The zero-order chi connectivity index (χ0) is 12.4. The molecule has 0 radical (unpaired) electrons. The van der Waals surface area contributed by atoms with E-state index in [0.717, 1.165) is 22.5 Å². The Morgan fingerprint density at radius 3 is 2.71 bits per heavy atom. The van der Waals surface area contributed by atoms with E-state index in [2.05, 4.69) is 33.7 Å². The first-order valence-corrected chi connectivity index (χ1v) is 6.38. The van der Waals surface area contributed by atoms with E-state index in [1.807, 2.05) is 26.2 Å². The number of nitrogens with zero attached hydrogens (tertiary/aromatic N) is 3. The van der Waals surface area contributed by atoms with Gasteiger partial charge in [-0.25, -0.2) is 9.99 Å². The van der Waals surface area contributed by atoms with Crippen LogP contribution in [-0.4, -0.2) is 36.1 Å². The molecule has 2 aromatic heterocycles. The fourth-order valence-corrected chi connectivity index (χ4v) is 2.52. The number of hydrazine groups is 1. The SMILES string of the molecule is CCc1cc2c(NN(C)C)nc(NC)nc2s1. The third-order valence-corrected chi connectivity index (χ3v) is 3.52. The maximum absolute atomic E-state index is 4.47. The van der Waals surface area contributed by atoms with Gasteiger partial charge in [-0.15, -0.1) is 11.3 Å². The Kier molecular flexibility index (Phi) is 3.44. The van der Waals surface area contributed by atoms with Crippen LogP contribution in [0.25, 0.3) is 10.2 Å². The predicted molar refractivity (Wildman–Crippen MR) is 73.6 cm³/mol. The van der Waals surface area contributed by atoms with Gasteiger partial charge in [-0.3, -0.25) is 0 Å². The lowest BCUT2D eigenvalue weighted by Crippen LogP contribution is -2.20. The first-order chi connectivity index (χ1) is 8.13. The van der Waals surface area contributed by atoms with Crippen LogP contribution in [0.1, 0.15) is 11.8 Å². The maximum atomic E-state index is 4.47. The van der Waals surface area contributed by atoms with E-state index in [9.17, 15) is 0 Å². The highest BCUT2D eigenvalue weighted by Crippen LogP contribution is 2.30. The zero-order valence-corrected chi connectivity index (χ0v) is 11.4. The zero-order valence-electron chi connectivity index (χ0n) is 10.5. The molecule has 0 aliphatic rings. The van der Waals surface area contributed by atoms with Crippen molar-refractivity contribution in [2.45, 2.75) is 13.3 Å². The van der Waals surface area contributed by atoms with Crippen LogP contribution in [0, 0.1) is 0 Å². The first kappa shape index (κ1) is 12.1. The lowest BCUT2D eigenvalue weighted by Gasteiger charge is -2.13. The van der Waals surface area contributed by atoms with Crippen molar-refractivity contribution in [2.24, 2.45) is 0 Å². The van der Waals surface area contributed by atoms with Crippen LogP contribution in [0.2, 0.25) is 0 Å². The molecule has 0 aromatic carbocycles. The van der Waals surface area contributed by atoms with Gasteiger partial charge in [0, 0.05) is 26.0 Å². The van der Waals surface area contributed by atoms with Crippen LogP contribution < -0.4 is 10.7 Å². The summed E-state index contributed by atoms with van der Waals surface area (Å²) in [5.74, 6) is 1.49. The van der Waals surface area contributed by atoms with Gasteiger partial charge in [0.2, 0.25) is 5.95 Å². The van der Waals surface area contributed by atoms with Crippen LogP contribution in [0.4, 0.5) is 11.8 Å². The van der Waals surface area contributed by atoms with E-state index in [-0.39, 0.29) is 0 Å². The molecule has 0 spiro atoms. The molecule has 2 N–H and O–H groups in total. The highest BCUT2D eigenvalue weighted by molar-refractivity contribution is 7.18. The number of aryl methyl sites for hydroxylation is 1. The normalized spacial score (nSPS) is 11.1. The Morgan fingerprint density at radius 2 is 2.12 bits per heavy atom. The number of thiophene rings is 1. The fraction of sp³-hybridized carbons (Fsp3) is 0.455. The quantitative estimate of drug-likeness (QED) is 0.816. The first-order valence-electron chi connectivity index (χ1n) is 5.56. The van der Waals surface area contributed by atoms with Crippen molar-refractivity contribution >= 4 is 33.3 Å². The Hall–Kier alpha value is -1.40. The highest BCUT2D eigenvalue weighted by Gasteiger charge is 2.11. The third-order valence-electron chi connectivity index (χ3n) is 2.35. The van der Waals surface area contributed by atoms with Crippen molar-refractivity contribution < 1.29 is 0 Å². The van der Waals surface area contributed by atoms with E-state index in [1.165, 1.54) is 4.88 Å². The number of hydrogen-bond donors (Lipinski definition) is 2. The van der Waals surface area contributed by atoms with Crippen LogP contribution in [0.5, 0.6) is 0 Å². The van der Waals surface area contributed by atoms with Crippen molar-refractivity contribution in [1.82, 2.24) is 15.0 Å².